The zero-order valence-corrected chi connectivity index (χ0v) is 48.2. The smallest absolute Gasteiger partial charge is 0.306 e. The Morgan fingerprint density at radius 1 is 0.278 bits per heavy atom. The average molecular weight is 1010 g/mol. The molecule has 0 saturated carbocycles. The van der Waals surface area contributed by atoms with Crippen LogP contribution >= 0.6 is 0 Å². The van der Waals surface area contributed by atoms with Crippen molar-refractivity contribution in [2.75, 3.05) is 13.2 Å². The largest absolute Gasteiger partial charge is 0.462 e. The molecule has 0 heterocycles. The standard InChI is InChI=1S/C66H120O6/c1-4-7-10-13-16-19-22-25-28-31-34-37-40-43-46-49-52-55-58-64(67)70-61-63(72-66(69)60-57-54-51-48-45-42-39-36-33-30-27-24-21-18-15-12-9-6-3)62-71-65(68)59-56-53-50-47-44-41-38-35-32-29-26-23-20-17-14-11-8-5-2/h28,30-31,33-34,36-37,39,63H,4-27,29,32,35,38,40-62H2,1-3H3/b31-28-,33-30-,37-34-,39-36-. The molecule has 0 spiro atoms. The summed E-state index contributed by atoms with van der Waals surface area (Å²) in [5.41, 5.74) is 0. The van der Waals surface area contributed by atoms with Crippen LogP contribution in [0.15, 0.2) is 48.6 Å². The molecule has 1 unspecified atom stereocenters. The van der Waals surface area contributed by atoms with Gasteiger partial charge in [-0.15, -0.1) is 0 Å². The fraction of sp³-hybridized carbons (Fsp3) is 0.833. The molecule has 0 saturated heterocycles. The molecule has 0 bridgehead atoms. The molecule has 0 amide bonds. The van der Waals surface area contributed by atoms with E-state index in [9.17, 15) is 14.4 Å². The summed E-state index contributed by atoms with van der Waals surface area (Å²) in [7, 11) is 0. The highest BCUT2D eigenvalue weighted by atomic mass is 16.6. The number of hydrogen-bond acceptors (Lipinski definition) is 6. The minimum Gasteiger partial charge on any atom is -0.462 e. The Bertz CT molecular complexity index is 1250. The predicted octanol–water partition coefficient (Wildman–Crippen LogP) is 21.4. The van der Waals surface area contributed by atoms with E-state index in [4.69, 9.17) is 14.2 Å². The molecular formula is C66H120O6. The number of rotatable bonds is 58. The molecule has 0 rings (SSSR count). The van der Waals surface area contributed by atoms with Crippen molar-refractivity contribution in [2.45, 2.75) is 341 Å². The van der Waals surface area contributed by atoms with Gasteiger partial charge in [0.2, 0.25) is 0 Å². The van der Waals surface area contributed by atoms with E-state index in [-0.39, 0.29) is 31.1 Å². The second kappa shape index (κ2) is 60.9. The summed E-state index contributed by atoms with van der Waals surface area (Å²) in [6.45, 7) is 6.66. The van der Waals surface area contributed by atoms with Crippen LogP contribution in [0.2, 0.25) is 0 Å². The van der Waals surface area contributed by atoms with E-state index < -0.39 is 6.10 Å². The van der Waals surface area contributed by atoms with Gasteiger partial charge in [-0.25, -0.2) is 0 Å². The van der Waals surface area contributed by atoms with E-state index in [0.717, 1.165) is 96.3 Å². The first-order valence-electron chi connectivity index (χ1n) is 31.7. The van der Waals surface area contributed by atoms with Gasteiger partial charge in [0.05, 0.1) is 0 Å². The molecule has 0 radical (unpaired) electrons. The van der Waals surface area contributed by atoms with Crippen LogP contribution in [0, 0.1) is 0 Å². The Morgan fingerprint density at radius 3 is 0.736 bits per heavy atom. The van der Waals surface area contributed by atoms with Crippen LogP contribution in [0.3, 0.4) is 0 Å². The number of esters is 3. The maximum Gasteiger partial charge on any atom is 0.306 e. The van der Waals surface area contributed by atoms with Gasteiger partial charge in [0.1, 0.15) is 13.2 Å². The maximum atomic E-state index is 12.9. The highest BCUT2D eigenvalue weighted by molar-refractivity contribution is 5.71. The van der Waals surface area contributed by atoms with Gasteiger partial charge in [0.25, 0.3) is 0 Å². The number of ether oxygens (including phenoxy) is 3. The van der Waals surface area contributed by atoms with Crippen LogP contribution in [-0.2, 0) is 28.6 Å². The van der Waals surface area contributed by atoms with Crippen molar-refractivity contribution < 1.29 is 28.6 Å². The van der Waals surface area contributed by atoms with Crippen LogP contribution in [0.4, 0.5) is 0 Å². The topological polar surface area (TPSA) is 78.9 Å². The van der Waals surface area contributed by atoms with E-state index >= 15 is 0 Å². The lowest BCUT2D eigenvalue weighted by molar-refractivity contribution is -0.167. The van der Waals surface area contributed by atoms with Crippen LogP contribution < -0.4 is 0 Å². The molecular weight excluding hydrogens is 889 g/mol. The maximum absolute atomic E-state index is 12.9. The zero-order chi connectivity index (χ0) is 52.2. The van der Waals surface area contributed by atoms with E-state index in [1.807, 2.05) is 0 Å². The molecule has 1 atom stereocenters. The van der Waals surface area contributed by atoms with Crippen LogP contribution in [0.1, 0.15) is 335 Å². The summed E-state index contributed by atoms with van der Waals surface area (Å²) >= 11 is 0. The lowest BCUT2D eigenvalue weighted by Crippen LogP contribution is -2.30. The quantitative estimate of drug-likeness (QED) is 0.0261. The first-order chi connectivity index (χ1) is 35.5. The van der Waals surface area contributed by atoms with E-state index in [2.05, 4.69) is 69.4 Å². The van der Waals surface area contributed by atoms with Crippen molar-refractivity contribution in [1.29, 1.82) is 0 Å². The normalized spacial score (nSPS) is 12.3. The predicted molar refractivity (Wildman–Crippen MR) is 312 cm³/mol. The van der Waals surface area contributed by atoms with Crippen molar-refractivity contribution in [1.82, 2.24) is 0 Å². The zero-order valence-electron chi connectivity index (χ0n) is 48.2. The molecule has 0 aliphatic rings. The van der Waals surface area contributed by atoms with Crippen LogP contribution in [0.25, 0.3) is 0 Å². The minimum atomic E-state index is -0.787. The van der Waals surface area contributed by atoms with Crippen molar-refractivity contribution in [3.05, 3.63) is 48.6 Å². The summed E-state index contributed by atoms with van der Waals surface area (Å²) in [6.07, 6.45) is 75.4. The highest BCUT2D eigenvalue weighted by Crippen LogP contribution is 2.17. The Kier molecular flexibility index (Phi) is 58.7. The van der Waals surface area contributed by atoms with Gasteiger partial charge in [-0.3, -0.25) is 14.4 Å². The molecule has 0 aromatic rings. The lowest BCUT2D eigenvalue weighted by Gasteiger charge is -2.18. The van der Waals surface area contributed by atoms with Gasteiger partial charge in [0, 0.05) is 19.3 Å². The van der Waals surface area contributed by atoms with E-state index in [1.54, 1.807) is 0 Å². The Labute approximate surface area is 448 Å². The monoisotopic (exact) mass is 1010 g/mol. The van der Waals surface area contributed by atoms with Crippen molar-refractivity contribution in [3.8, 4) is 0 Å². The molecule has 0 aliphatic heterocycles. The second-order valence-electron chi connectivity index (χ2n) is 21.4. The molecule has 0 aromatic heterocycles. The van der Waals surface area contributed by atoms with Crippen LogP contribution in [0.5, 0.6) is 0 Å². The Hall–Kier alpha value is -2.63. The molecule has 6 heteroatoms. The molecule has 0 aromatic carbocycles. The Balaban J connectivity index is 4.40. The summed E-state index contributed by atoms with van der Waals surface area (Å²) in [6, 6.07) is 0. The second-order valence-corrected chi connectivity index (χ2v) is 21.4. The van der Waals surface area contributed by atoms with Crippen molar-refractivity contribution in [2.24, 2.45) is 0 Å². The van der Waals surface area contributed by atoms with Gasteiger partial charge >= 0.3 is 17.9 Å². The number of hydrogen-bond donors (Lipinski definition) is 0. The minimum absolute atomic E-state index is 0.0812. The summed E-state index contributed by atoms with van der Waals surface area (Å²) < 4.78 is 16.9. The molecule has 72 heavy (non-hydrogen) atoms. The Morgan fingerprint density at radius 2 is 0.486 bits per heavy atom. The fourth-order valence-corrected chi connectivity index (χ4v) is 9.31. The molecule has 0 N–H and O–H groups in total. The first kappa shape index (κ1) is 69.4. The molecule has 6 nitrogen and oxygen atoms in total. The molecule has 0 fully saturated rings. The van der Waals surface area contributed by atoms with Crippen LogP contribution in [-0.4, -0.2) is 37.2 Å². The van der Waals surface area contributed by atoms with Gasteiger partial charge in [0.15, 0.2) is 6.10 Å². The third-order valence-electron chi connectivity index (χ3n) is 14.1. The van der Waals surface area contributed by atoms with Gasteiger partial charge in [-0.05, 0) is 70.6 Å². The molecule has 420 valence electrons. The fourth-order valence-electron chi connectivity index (χ4n) is 9.31. The number of unbranched alkanes of at least 4 members (excludes halogenated alkanes) is 41. The number of allylic oxidation sites excluding steroid dienone is 8. The highest BCUT2D eigenvalue weighted by Gasteiger charge is 2.19. The van der Waals surface area contributed by atoms with E-state index in [1.165, 1.54) is 199 Å². The van der Waals surface area contributed by atoms with Gasteiger partial charge in [-0.1, -0.05) is 294 Å². The van der Waals surface area contributed by atoms with E-state index in [0.29, 0.717) is 19.3 Å². The number of carbonyl (C=O) groups is 3. The number of carbonyl (C=O) groups excluding carboxylic acids is 3. The van der Waals surface area contributed by atoms with Gasteiger partial charge in [-0.2, -0.15) is 0 Å². The molecule has 0 aliphatic carbocycles. The third kappa shape index (κ3) is 58.3. The lowest BCUT2D eigenvalue weighted by atomic mass is 10.0. The first-order valence-corrected chi connectivity index (χ1v) is 31.7. The van der Waals surface area contributed by atoms with Gasteiger partial charge < -0.3 is 14.2 Å². The SMILES string of the molecule is CCCCCCCCC/C=C\C=C/CCCCCCCC(=O)OCC(COC(=O)CCCCCCCCCCCCCCCCCCCC)OC(=O)CCCCCCC/C=C\C=C/CCCCCCCCC. The third-order valence-corrected chi connectivity index (χ3v) is 14.1. The summed E-state index contributed by atoms with van der Waals surface area (Å²) in [5.74, 6) is -0.892. The summed E-state index contributed by atoms with van der Waals surface area (Å²) in [5, 5.41) is 0. The summed E-state index contributed by atoms with van der Waals surface area (Å²) in [4.78, 5) is 38.3. The average Bonchev–Trinajstić information content (AvgIpc) is 3.38. The van der Waals surface area contributed by atoms with Crippen molar-refractivity contribution >= 4 is 17.9 Å². The van der Waals surface area contributed by atoms with Crippen molar-refractivity contribution in [3.63, 3.8) is 0 Å².